The molecule has 0 aliphatic carbocycles. The quantitative estimate of drug-likeness (QED) is 0.901. The molecule has 6 heteroatoms. The Hall–Kier alpha value is -1.53. The third kappa shape index (κ3) is 3.13. The molecule has 2 heterocycles. The Kier molecular flexibility index (Phi) is 4.67. The standard InChI is InChI=1S/C14H21N3O3/c1-4-5-17-6-7-20-11(8-17)13-15-9(2)12(14(18)19)10(3)16-13/h11H,4-8H2,1-3H3,(H,18,19). The van der Waals surface area contributed by atoms with Crippen molar-refractivity contribution in [1.82, 2.24) is 14.9 Å². The maximum atomic E-state index is 11.1. The first-order chi connectivity index (χ1) is 9.52. The molecular formula is C14H21N3O3. The second-order valence-corrected chi connectivity index (χ2v) is 5.09. The number of carboxylic acids is 1. The van der Waals surface area contributed by atoms with Crippen molar-refractivity contribution in [3.05, 3.63) is 22.8 Å². The molecule has 1 unspecified atom stereocenters. The number of ether oxygens (including phenoxy) is 1. The van der Waals surface area contributed by atoms with Crippen molar-refractivity contribution < 1.29 is 14.6 Å². The van der Waals surface area contributed by atoms with Crippen molar-refractivity contribution in [2.75, 3.05) is 26.2 Å². The lowest BCUT2D eigenvalue weighted by atomic mass is 10.1. The summed E-state index contributed by atoms with van der Waals surface area (Å²) in [6.45, 7) is 8.94. The van der Waals surface area contributed by atoms with Crippen LogP contribution in [0.5, 0.6) is 0 Å². The van der Waals surface area contributed by atoms with Gasteiger partial charge in [-0.05, 0) is 26.8 Å². The molecule has 1 saturated heterocycles. The molecule has 1 aliphatic heterocycles. The van der Waals surface area contributed by atoms with Crippen LogP contribution in [-0.2, 0) is 4.74 Å². The second-order valence-electron chi connectivity index (χ2n) is 5.09. The summed E-state index contributed by atoms with van der Waals surface area (Å²) in [4.78, 5) is 22.1. The van der Waals surface area contributed by atoms with Crippen LogP contribution >= 0.6 is 0 Å². The Bertz CT molecular complexity index is 479. The molecule has 1 fully saturated rings. The van der Waals surface area contributed by atoms with Gasteiger partial charge in [0.15, 0.2) is 5.82 Å². The van der Waals surface area contributed by atoms with Crippen LogP contribution in [0.25, 0.3) is 0 Å². The number of rotatable bonds is 4. The molecule has 110 valence electrons. The molecule has 2 rings (SSSR count). The monoisotopic (exact) mass is 279 g/mol. The molecule has 0 aromatic carbocycles. The molecule has 1 aliphatic rings. The summed E-state index contributed by atoms with van der Waals surface area (Å²) >= 11 is 0. The number of morpholine rings is 1. The van der Waals surface area contributed by atoms with Gasteiger partial charge < -0.3 is 9.84 Å². The molecule has 0 amide bonds. The molecule has 1 aromatic rings. The van der Waals surface area contributed by atoms with Crippen LogP contribution in [0.3, 0.4) is 0 Å². The molecule has 0 spiro atoms. The fourth-order valence-electron chi connectivity index (χ4n) is 2.57. The molecule has 1 aromatic heterocycles. The molecular weight excluding hydrogens is 258 g/mol. The van der Waals surface area contributed by atoms with E-state index in [1.54, 1.807) is 13.8 Å². The van der Waals surface area contributed by atoms with Gasteiger partial charge in [-0.2, -0.15) is 0 Å². The van der Waals surface area contributed by atoms with E-state index >= 15 is 0 Å². The van der Waals surface area contributed by atoms with Crippen LogP contribution in [0.4, 0.5) is 0 Å². The van der Waals surface area contributed by atoms with Crippen molar-refractivity contribution in [3.63, 3.8) is 0 Å². The first-order valence-corrected chi connectivity index (χ1v) is 6.95. The first-order valence-electron chi connectivity index (χ1n) is 6.95. The molecule has 0 bridgehead atoms. The van der Waals surface area contributed by atoms with Gasteiger partial charge in [-0.3, -0.25) is 4.90 Å². The lowest BCUT2D eigenvalue weighted by Crippen LogP contribution is -2.39. The SMILES string of the molecule is CCCN1CCOC(c2nc(C)c(C(=O)O)c(C)n2)C1. The minimum absolute atomic E-state index is 0.171. The van der Waals surface area contributed by atoms with Crippen LogP contribution in [-0.4, -0.2) is 52.2 Å². The van der Waals surface area contributed by atoms with E-state index in [0.29, 0.717) is 23.8 Å². The van der Waals surface area contributed by atoms with E-state index in [1.165, 1.54) is 0 Å². The molecule has 1 N–H and O–H groups in total. The summed E-state index contributed by atoms with van der Waals surface area (Å²) in [6.07, 6.45) is 0.930. The molecule has 6 nitrogen and oxygen atoms in total. The topological polar surface area (TPSA) is 75.5 Å². The summed E-state index contributed by atoms with van der Waals surface area (Å²) in [6, 6.07) is 0. The summed E-state index contributed by atoms with van der Waals surface area (Å²) in [5.74, 6) is -0.394. The zero-order valence-electron chi connectivity index (χ0n) is 12.2. The normalized spacial score (nSPS) is 20.1. The predicted molar refractivity (Wildman–Crippen MR) is 73.9 cm³/mol. The first kappa shape index (κ1) is 14.9. The number of nitrogens with zero attached hydrogens (tertiary/aromatic N) is 3. The smallest absolute Gasteiger partial charge is 0.339 e. The largest absolute Gasteiger partial charge is 0.478 e. The fraction of sp³-hybridized carbons (Fsp3) is 0.643. The van der Waals surface area contributed by atoms with E-state index in [1.807, 2.05) is 0 Å². The lowest BCUT2D eigenvalue weighted by molar-refractivity contribution is -0.0343. The van der Waals surface area contributed by atoms with Gasteiger partial charge in [0.1, 0.15) is 11.7 Å². The fourth-order valence-corrected chi connectivity index (χ4v) is 2.57. The average Bonchev–Trinajstić information content (AvgIpc) is 2.38. The van der Waals surface area contributed by atoms with Gasteiger partial charge in [0.05, 0.1) is 18.0 Å². The molecule has 20 heavy (non-hydrogen) atoms. The highest BCUT2D eigenvalue weighted by Crippen LogP contribution is 2.21. The zero-order chi connectivity index (χ0) is 14.7. The Balaban J connectivity index is 2.22. The van der Waals surface area contributed by atoms with Crippen LogP contribution in [0.1, 0.15) is 47.0 Å². The van der Waals surface area contributed by atoms with E-state index < -0.39 is 5.97 Å². The van der Waals surface area contributed by atoms with Crippen molar-refractivity contribution >= 4 is 5.97 Å². The van der Waals surface area contributed by atoms with Crippen LogP contribution in [0.15, 0.2) is 0 Å². The maximum Gasteiger partial charge on any atom is 0.339 e. The molecule has 0 radical (unpaired) electrons. The second kappa shape index (κ2) is 6.28. The number of hydrogen-bond acceptors (Lipinski definition) is 5. The van der Waals surface area contributed by atoms with Gasteiger partial charge in [-0.1, -0.05) is 6.92 Å². The average molecular weight is 279 g/mol. The van der Waals surface area contributed by atoms with Crippen molar-refractivity contribution in [2.24, 2.45) is 0 Å². The van der Waals surface area contributed by atoms with E-state index in [9.17, 15) is 4.79 Å². The van der Waals surface area contributed by atoms with Gasteiger partial charge in [0.2, 0.25) is 0 Å². The highest BCUT2D eigenvalue weighted by atomic mass is 16.5. The van der Waals surface area contributed by atoms with Crippen LogP contribution in [0, 0.1) is 13.8 Å². The Labute approximate surface area is 118 Å². The maximum absolute atomic E-state index is 11.1. The van der Waals surface area contributed by atoms with E-state index in [2.05, 4.69) is 21.8 Å². The van der Waals surface area contributed by atoms with Gasteiger partial charge in [-0.15, -0.1) is 0 Å². The zero-order valence-corrected chi connectivity index (χ0v) is 12.2. The molecule has 0 saturated carbocycles. The summed E-state index contributed by atoms with van der Waals surface area (Å²) < 4.78 is 5.74. The highest BCUT2D eigenvalue weighted by Gasteiger charge is 2.25. The van der Waals surface area contributed by atoms with Crippen molar-refractivity contribution in [1.29, 1.82) is 0 Å². The lowest BCUT2D eigenvalue weighted by Gasteiger charge is -2.32. The van der Waals surface area contributed by atoms with Crippen molar-refractivity contribution in [3.8, 4) is 0 Å². The Morgan fingerprint density at radius 1 is 1.40 bits per heavy atom. The number of aromatic carboxylic acids is 1. The minimum Gasteiger partial charge on any atom is -0.478 e. The van der Waals surface area contributed by atoms with Crippen LogP contribution in [0.2, 0.25) is 0 Å². The van der Waals surface area contributed by atoms with Crippen LogP contribution < -0.4 is 0 Å². The van der Waals surface area contributed by atoms with Gasteiger partial charge in [-0.25, -0.2) is 14.8 Å². The predicted octanol–water partition coefficient (Wildman–Crippen LogP) is 1.57. The third-order valence-corrected chi connectivity index (χ3v) is 3.48. The minimum atomic E-state index is -0.983. The van der Waals surface area contributed by atoms with E-state index in [-0.39, 0.29) is 11.7 Å². The Morgan fingerprint density at radius 3 is 2.60 bits per heavy atom. The summed E-state index contributed by atoms with van der Waals surface area (Å²) in [5, 5.41) is 9.14. The van der Waals surface area contributed by atoms with Gasteiger partial charge >= 0.3 is 5.97 Å². The number of carboxylic acid groups (broad SMARTS) is 1. The van der Waals surface area contributed by atoms with E-state index in [0.717, 1.165) is 26.1 Å². The third-order valence-electron chi connectivity index (χ3n) is 3.48. The Morgan fingerprint density at radius 2 is 2.05 bits per heavy atom. The molecule has 1 atom stereocenters. The van der Waals surface area contributed by atoms with E-state index in [4.69, 9.17) is 9.84 Å². The highest BCUT2D eigenvalue weighted by molar-refractivity contribution is 5.89. The van der Waals surface area contributed by atoms with Gasteiger partial charge in [0, 0.05) is 13.1 Å². The summed E-state index contributed by atoms with van der Waals surface area (Å²) in [5.41, 5.74) is 1.18. The van der Waals surface area contributed by atoms with Crippen molar-refractivity contribution in [2.45, 2.75) is 33.3 Å². The number of aryl methyl sites for hydroxylation is 2. The number of carbonyl (C=O) groups is 1. The number of aromatic nitrogens is 2. The number of hydrogen-bond donors (Lipinski definition) is 1. The van der Waals surface area contributed by atoms with Gasteiger partial charge in [0.25, 0.3) is 0 Å². The summed E-state index contributed by atoms with van der Waals surface area (Å²) in [7, 11) is 0.